The summed E-state index contributed by atoms with van der Waals surface area (Å²) in [5, 5.41) is 3.52. The van der Waals surface area contributed by atoms with E-state index in [2.05, 4.69) is 30.6 Å². The Morgan fingerprint density at radius 3 is 2.71 bits per heavy atom. The van der Waals surface area contributed by atoms with E-state index in [1.807, 2.05) is 6.08 Å². The molecule has 14 heavy (non-hydrogen) atoms. The molecule has 0 aliphatic heterocycles. The second kappa shape index (κ2) is 6.20. The van der Waals surface area contributed by atoms with Gasteiger partial charge in [0.2, 0.25) is 0 Å². The van der Waals surface area contributed by atoms with Crippen LogP contribution in [0, 0.1) is 5.92 Å². The van der Waals surface area contributed by atoms with Crippen LogP contribution in [0.4, 0.5) is 0 Å². The van der Waals surface area contributed by atoms with Crippen molar-refractivity contribution in [1.29, 1.82) is 0 Å². The third kappa shape index (κ3) is 4.77. The van der Waals surface area contributed by atoms with Crippen LogP contribution >= 0.6 is 0 Å². The summed E-state index contributed by atoms with van der Waals surface area (Å²) in [6.45, 7) is 12.7. The molecule has 82 valence electrons. The van der Waals surface area contributed by atoms with E-state index in [1.54, 1.807) is 0 Å². The molecule has 0 heterocycles. The first-order valence-corrected chi connectivity index (χ1v) is 5.79. The maximum Gasteiger partial charge on any atom is 0.0163 e. The average molecular weight is 196 g/mol. The van der Waals surface area contributed by atoms with Crippen LogP contribution in [0.3, 0.4) is 0 Å². The molecular formula is C12H24N2. The van der Waals surface area contributed by atoms with E-state index in [1.165, 1.54) is 19.4 Å². The number of hydrogen-bond donors (Lipinski definition) is 1. The summed E-state index contributed by atoms with van der Waals surface area (Å²) in [6.07, 6.45) is 4.86. The Bertz CT molecular complexity index is 162. The van der Waals surface area contributed by atoms with Crippen LogP contribution in [0.5, 0.6) is 0 Å². The Kier molecular flexibility index (Phi) is 5.20. The Morgan fingerprint density at radius 1 is 1.50 bits per heavy atom. The molecule has 1 aliphatic carbocycles. The van der Waals surface area contributed by atoms with Crippen LogP contribution in [0.15, 0.2) is 12.7 Å². The van der Waals surface area contributed by atoms with Crippen molar-refractivity contribution < 1.29 is 0 Å². The Balaban J connectivity index is 2.02. The highest BCUT2D eigenvalue weighted by molar-refractivity contribution is 4.78. The second-order valence-corrected chi connectivity index (χ2v) is 4.52. The number of nitrogens with zero attached hydrogens (tertiary/aromatic N) is 1. The molecule has 1 N–H and O–H groups in total. The first kappa shape index (κ1) is 11.7. The maximum absolute atomic E-state index is 3.79. The lowest BCUT2D eigenvalue weighted by atomic mass is 10.3. The topological polar surface area (TPSA) is 15.3 Å². The van der Waals surface area contributed by atoms with Gasteiger partial charge in [0.25, 0.3) is 0 Å². The van der Waals surface area contributed by atoms with Crippen molar-refractivity contribution in [3.8, 4) is 0 Å². The van der Waals surface area contributed by atoms with Gasteiger partial charge in [0.1, 0.15) is 0 Å². The molecule has 0 aromatic heterocycles. The molecule has 0 bridgehead atoms. The van der Waals surface area contributed by atoms with Gasteiger partial charge in [0.05, 0.1) is 0 Å². The summed E-state index contributed by atoms with van der Waals surface area (Å²) in [6, 6.07) is 0.621. The molecule has 1 aliphatic rings. The molecular weight excluding hydrogens is 172 g/mol. The normalized spacial score (nSPS) is 16.6. The molecule has 0 unspecified atom stereocenters. The highest BCUT2D eigenvalue weighted by Gasteiger charge is 2.20. The fraction of sp³-hybridized carbons (Fsp3) is 0.833. The predicted octanol–water partition coefficient (Wildman–Crippen LogP) is 1.88. The average Bonchev–Trinajstić information content (AvgIpc) is 2.93. The Morgan fingerprint density at radius 2 is 2.21 bits per heavy atom. The van der Waals surface area contributed by atoms with Crippen LogP contribution in [0.25, 0.3) is 0 Å². The molecule has 2 nitrogen and oxygen atoms in total. The summed E-state index contributed by atoms with van der Waals surface area (Å²) in [5.74, 6) is 0.988. The molecule has 0 atom stereocenters. The highest BCUT2D eigenvalue weighted by atomic mass is 15.2. The van der Waals surface area contributed by atoms with Crippen molar-refractivity contribution in [3.05, 3.63) is 12.7 Å². The third-order valence-electron chi connectivity index (χ3n) is 2.80. The van der Waals surface area contributed by atoms with E-state index in [-0.39, 0.29) is 0 Å². The van der Waals surface area contributed by atoms with Gasteiger partial charge in [-0.15, -0.1) is 6.58 Å². The van der Waals surface area contributed by atoms with Crippen molar-refractivity contribution in [3.63, 3.8) is 0 Å². The quantitative estimate of drug-likeness (QED) is 0.471. The Hall–Kier alpha value is -0.340. The minimum absolute atomic E-state index is 0.621. The van der Waals surface area contributed by atoms with Gasteiger partial charge in [-0.05, 0) is 39.2 Å². The van der Waals surface area contributed by atoms with Crippen molar-refractivity contribution in [1.82, 2.24) is 10.2 Å². The molecule has 0 amide bonds. The van der Waals surface area contributed by atoms with E-state index in [0.29, 0.717) is 6.04 Å². The van der Waals surface area contributed by atoms with Gasteiger partial charge < -0.3 is 5.32 Å². The van der Waals surface area contributed by atoms with Gasteiger partial charge in [-0.2, -0.15) is 0 Å². The summed E-state index contributed by atoms with van der Waals surface area (Å²) >= 11 is 0. The zero-order chi connectivity index (χ0) is 10.4. The number of rotatable bonds is 8. The van der Waals surface area contributed by atoms with Crippen molar-refractivity contribution in [2.75, 3.05) is 26.2 Å². The standard InChI is InChI=1S/C12H24N2/c1-4-8-14(11(2)3)9-7-13-10-12-5-6-12/h4,11-13H,1,5-10H2,2-3H3. The lowest BCUT2D eigenvalue weighted by Crippen LogP contribution is -2.37. The molecule has 0 aromatic carbocycles. The van der Waals surface area contributed by atoms with Crippen LogP contribution < -0.4 is 5.32 Å². The first-order chi connectivity index (χ1) is 6.74. The second-order valence-electron chi connectivity index (χ2n) is 4.52. The highest BCUT2D eigenvalue weighted by Crippen LogP contribution is 2.27. The van der Waals surface area contributed by atoms with Crippen LogP contribution in [0.2, 0.25) is 0 Å². The van der Waals surface area contributed by atoms with E-state index in [9.17, 15) is 0 Å². The molecule has 0 radical (unpaired) electrons. The zero-order valence-electron chi connectivity index (χ0n) is 9.63. The van der Waals surface area contributed by atoms with Gasteiger partial charge in [-0.25, -0.2) is 0 Å². The summed E-state index contributed by atoms with van der Waals surface area (Å²) in [4.78, 5) is 2.44. The maximum atomic E-state index is 3.79. The Labute approximate surface area is 88.4 Å². The van der Waals surface area contributed by atoms with E-state index in [4.69, 9.17) is 0 Å². The zero-order valence-corrected chi connectivity index (χ0v) is 9.63. The summed E-state index contributed by atoms with van der Waals surface area (Å²) < 4.78 is 0. The van der Waals surface area contributed by atoms with Crippen molar-refractivity contribution in [2.45, 2.75) is 32.7 Å². The summed E-state index contributed by atoms with van der Waals surface area (Å²) in [7, 11) is 0. The fourth-order valence-corrected chi connectivity index (χ4v) is 1.58. The predicted molar refractivity (Wildman–Crippen MR) is 62.5 cm³/mol. The van der Waals surface area contributed by atoms with Crippen LogP contribution in [0.1, 0.15) is 26.7 Å². The van der Waals surface area contributed by atoms with Crippen molar-refractivity contribution >= 4 is 0 Å². The lowest BCUT2D eigenvalue weighted by Gasteiger charge is -2.24. The van der Waals surface area contributed by atoms with Crippen LogP contribution in [-0.2, 0) is 0 Å². The minimum atomic E-state index is 0.621. The number of nitrogens with one attached hydrogen (secondary N) is 1. The molecule has 1 saturated carbocycles. The monoisotopic (exact) mass is 196 g/mol. The van der Waals surface area contributed by atoms with E-state index >= 15 is 0 Å². The van der Waals surface area contributed by atoms with Gasteiger partial charge in [0, 0.05) is 25.7 Å². The van der Waals surface area contributed by atoms with E-state index in [0.717, 1.165) is 25.6 Å². The van der Waals surface area contributed by atoms with Crippen molar-refractivity contribution in [2.24, 2.45) is 5.92 Å². The SMILES string of the molecule is C=CCN(CCNCC1CC1)C(C)C. The molecule has 1 fully saturated rings. The van der Waals surface area contributed by atoms with Gasteiger partial charge in [-0.3, -0.25) is 4.90 Å². The fourth-order valence-electron chi connectivity index (χ4n) is 1.58. The van der Waals surface area contributed by atoms with E-state index < -0.39 is 0 Å². The summed E-state index contributed by atoms with van der Waals surface area (Å²) in [5.41, 5.74) is 0. The minimum Gasteiger partial charge on any atom is -0.315 e. The smallest absolute Gasteiger partial charge is 0.0163 e. The number of hydrogen-bond acceptors (Lipinski definition) is 2. The first-order valence-electron chi connectivity index (χ1n) is 5.79. The lowest BCUT2D eigenvalue weighted by molar-refractivity contribution is 0.246. The molecule has 0 saturated heterocycles. The molecule has 2 heteroatoms. The van der Waals surface area contributed by atoms with Gasteiger partial charge in [0.15, 0.2) is 0 Å². The van der Waals surface area contributed by atoms with Gasteiger partial charge >= 0.3 is 0 Å². The van der Waals surface area contributed by atoms with Gasteiger partial charge in [-0.1, -0.05) is 6.08 Å². The van der Waals surface area contributed by atoms with Crippen LogP contribution in [-0.4, -0.2) is 37.1 Å². The molecule has 0 spiro atoms. The largest absolute Gasteiger partial charge is 0.315 e. The third-order valence-corrected chi connectivity index (χ3v) is 2.80. The molecule has 0 aromatic rings. The molecule has 1 rings (SSSR count).